The van der Waals surface area contributed by atoms with Crippen molar-refractivity contribution in [2.45, 2.75) is 6.92 Å². The van der Waals surface area contributed by atoms with E-state index in [9.17, 15) is 4.39 Å². The molecule has 0 unspecified atom stereocenters. The number of thiazole rings is 1. The fraction of sp³-hybridized carbons (Fsp3) is 0.0909. The van der Waals surface area contributed by atoms with Crippen LogP contribution in [-0.4, -0.2) is 11.2 Å². The zero-order valence-corrected chi connectivity index (χ0v) is 9.96. The minimum atomic E-state index is -0.273. The molecule has 0 atom stereocenters. The summed E-state index contributed by atoms with van der Waals surface area (Å²) >= 11 is 1.36. The molecule has 0 fully saturated rings. The van der Waals surface area contributed by atoms with E-state index in [1.54, 1.807) is 5.38 Å². The largest absolute Gasteiger partial charge is 0.383 e. The van der Waals surface area contributed by atoms with E-state index in [0.29, 0.717) is 16.5 Å². The summed E-state index contributed by atoms with van der Waals surface area (Å²) in [5.74, 6) is 0.180. The van der Waals surface area contributed by atoms with E-state index in [0.717, 1.165) is 5.56 Å². The van der Waals surface area contributed by atoms with Gasteiger partial charge in [-0.1, -0.05) is 6.07 Å². The Kier molecular flexibility index (Phi) is 3.34. The molecule has 3 N–H and O–H groups in total. The Morgan fingerprint density at radius 3 is 2.94 bits per heavy atom. The molecule has 0 spiro atoms. The molecule has 1 aromatic heterocycles. The molecule has 0 aliphatic carbocycles. The van der Waals surface area contributed by atoms with Crippen molar-refractivity contribution in [3.8, 4) is 0 Å². The second kappa shape index (κ2) is 4.92. The van der Waals surface area contributed by atoms with Crippen molar-refractivity contribution in [3.63, 3.8) is 0 Å². The molecule has 1 aromatic carbocycles. The maximum Gasteiger partial charge on any atom is 0.205 e. The summed E-state index contributed by atoms with van der Waals surface area (Å²) in [6.45, 7) is 1.83. The normalized spacial score (nSPS) is 10.9. The number of aromatic nitrogens is 1. The third kappa shape index (κ3) is 3.25. The highest BCUT2D eigenvalue weighted by molar-refractivity contribution is 7.14. The van der Waals surface area contributed by atoms with Gasteiger partial charge in [0.2, 0.25) is 5.13 Å². The molecule has 2 aromatic rings. The molecule has 0 aliphatic rings. The Morgan fingerprint density at radius 1 is 1.47 bits per heavy atom. The Morgan fingerprint density at radius 2 is 2.29 bits per heavy atom. The van der Waals surface area contributed by atoms with Crippen LogP contribution in [0, 0.1) is 12.7 Å². The van der Waals surface area contributed by atoms with Crippen molar-refractivity contribution >= 4 is 28.5 Å². The predicted octanol–water partition coefficient (Wildman–Crippen LogP) is 2.62. The summed E-state index contributed by atoms with van der Waals surface area (Å²) in [6.07, 6.45) is 1.54. The third-order valence-corrected chi connectivity index (χ3v) is 2.73. The molecule has 88 valence electrons. The van der Waals surface area contributed by atoms with Crippen LogP contribution in [0.25, 0.3) is 0 Å². The monoisotopic (exact) mass is 250 g/mol. The van der Waals surface area contributed by atoms with Gasteiger partial charge in [0.1, 0.15) is 11.6 Å². The van der Waals surface area contributed by atoms with Gasteiger partial charge in [0, 0.05) is 5.38 Å². The lowest BCUT2D eigenvalue weighted by atomic mass is 10.1. The van der Waals surface area contributed by atoms with Crippen LogP contribution >= 0.6 is 11.3 Å². The molecule has 17 heavy (non-hydrogen) atoms. The number of aryl methyl sites for hydroxylation is 1. The Bertz CT molecular complexity index is 530. The summed E-state index contributed by atoms with van der Waals surface area (Å²) < 4.78 is 13.1. The van der Waals surface area contributed by atoms with Crippen molar-refractivity contribution < 1.29 is 4.39 Å². The average molecular weight is 250 g/mol. The zero-order chi connectivity index (χ0) is 12.3. The number of nitrogens with one attached hydrogen (secondary N) is 1. The number of hydrazone groups is 1. The zero-order valence-electron chi connectivity index (χ0n) is 9.14. The van der Waals surface area contributed by atoms with Gasteiger partial charge >= 0.3 is 0 Å². The molecule has 1 heterocycles. The quantitative estimate of drug-likeness (QED) is 0.650. The molecule has 0 aliphatic heterocycles. The van der Waals surface area contributed by atoms with Crippen LogP contribution in [-0.2, 0) is 0 Å². The average Bonchev–Trinajstić information content (AvgIpc) is 2.63. The fourth-order valence-electron chi connectivity index (χ4n) is 1.34. The minimum absolute atomic E-state index is 0.273. The Labute approximate surface area is 102 Å². The second-order valence-corrected chi connectivity index (χ2v) is 4.37. The fourth-order valence-corrected chi connectivity index (χ4v) is 1.89. The molecule has 6 heteroatoms. The van der Waals surface area contributed by atoms with Crippen LogP contribution in [0.4, 0.5) is 15.3 Å². The Hall–Kier alpha value is -1.95. The number of hydrogen-bond donors (Lipinski definition) is 2. The molecular weight excluding hydrogens is 239 g/mol. The molecule has 0 saturated carbocycles. The SMILES string of the molecule is Cc1cc(F)cc(C=NNc2nc(N)cs2)c1. The first kappa shape index (κ1) is 11.5. The number of hydrogen-bond acceptors (Lipinski definition) is 5. The van der Waals surface area contributed by atoms with Gasteiger partial charge in [0.15, 0.2) is 0 Å². The van der Waals surface area contributed by atoms with Crippen LogP contribution < -0.4 is 11.2 Å². The number of anilines is 2. The van der Waals surface area contributed by atoms with Gasteiger partial charge in [0.25, 0.3) is 0 Å². The van der Waals surface area contributed by atoms with Gasteiger partial charge in [-0.3, -0.25) is 5.43 Å². The van der Waals surface area contributed by atoms with Gasteiger partial charge in [-0.2, -0.15) is 5.10 Å². The van der Waals surface area contributed by atoms with E-state index < -0.39 is 0 Å². The van der Waals surface area contributed by atoms with E-state index in [1.165, 1.54) is 29.7 Å². The van der Waals surface area contributed by atoms with E-state index in [-0.39, 0.29) is 5.82 Å². The number of halogens is 1. The second-order valence-electron chi connectivity index (χ2n) is 3.51. The number of nitrogen functional groups attached to an aromatic ring is 1. The first-order valence-electron chi connectivity index (χ1n) is 4.91. The molecule has 0 radical (unpaired) electrons. The number of rotatable bonds is 3. The molecule has 2 rings (SSSR count). The van der Waals surface area contributed by atoms with Crippen LogP contribution in [0.5, 0.6) is 0 Å². The van der Waals surface area contributed by atoms with Crippen LogP contribution in [0.15, 0.2) is 28.7 Å². The predicted molar refractivity (Wildman–Crippen MR) is 68.9 cm³/mol. The van der Waals surface area contributed by atoms with Gasteiger partial charge < -0.3 is 5.73 Å². The minimum Gasteiger partial charge on any atom is -0.383 e. The van der Waals surface area contributed by atoms with E-state index in [1.807, 2.05) is 13.0 Å². The van der Waals surface area contributed by atoms with Crippen LogP contribution in [0.3, 0.4) is 0 Å². The summed E-state index contributed by atoms with van der Waals surface area (Å²) in [5, 5.41) is 6.27. The van der Waals surface area contributed by atoms with Gasteiger partial charge in [-0.15, -0.1) is 11.3 Å². The lowest BCUT2D eigenvalue weighted by molar-refractivity contribution is 0.626. The molecule has 4 nitrogen and oxygen atoms in total. The van der Waals surface area contributed by atoms with Crippen LogP contribution in [0.2, 0.25) is 0 Å². The smallest absolute Gasteiger partial charge is 0.205 e. The first-order chi connectivity index (χ1) is 8.13. The van der Waals surface area contributed by atoms with E-state index in [2.05, 4.69) is 15.5 Å². The molecular formula is C11H11FN4S. The molecule has 0 bridgehead atoms. The third-order valence-electron chi connectivity index (χ3n) is 1.96. The van der Waals surface area contributed by atoms with Gasteiger partial charge in [-0.05, 0) is 30.2 Å². The highest BCUT2D eigenvalue weighted by atomic mass is 32.1. The highest BCUT2D eigenvalue weighted by Gasteiger charge is 1.97. The van der Waals surface area contributed by atoms with E-state index in [4.69, 9.17) is 5.73 Å². The standard InChI is InChI=1S/C11H11FN4S/c1-7-2-8(4-9(12)3-7)5-14-16-11-15-10(13)6-17-11/h2-6H,13H2,1H3,(H,15,16). The first-order valence-corrected chi connectivity index (χ1v) is 5.79. The molecule has 0 saturated heterocycles. The maximum absolute atomic E-state index is 13.1. The van der Waals surface area contributed by atoms with Crippen molar-refractivity contribution in [3.05, 3.63) is 40.5 Å². The van der Waals surface area contributed by atoms with Crippen molar-refractivity contribution in [2.24, 2.45) is 5.10 Å². The lowest BCUT2D eigenvalue weighted by Gasteiger charge is -1.97. The topological polar surface area (TPSA) is 63.3 Å². The lowest BCUT2D eigenvalue weighted by Crippen LogP contribution is -1.92. The summed E-state index contributed by atoms with van der Waals surface area (Å²) in [6, 6.07) is 4.71. The highest BCUT2D eigenvalue weighted by Crippen LogP contribution is 2.16. The van der Waals surface area contributed by atoms with Crippen molar-refractivity contribution in [1.82, 2.24) is 4.98 Å². The van der Waals surface area contributed by atoms with E-state index >= 15 is 0 Å². The van der Waals surface area contributed by atoms with Crippen molar-refractivity contribution in [1.29, 1.82) is 0 Å². The van der Waals surface area contributed by atoms with Gasteiger partial charge in [0.05, 0.1) is 6.21 Å². The van der Waals surface area contributed by atoms with Crippen LogP contribution in [0.1, 0.15) is 11.1 Å². The molecule has 0 amide bonds. The number of nitrogens with two attached hydrogens (primary N) is 1. The van der Waals surface area contributed by atoms with Gasteiger partial charge in [-0.25, -0.2) is 9.37 Å². The van der Waals surface area contributed by atoms with Crippen molar-refractivity contribution in [2.75, 3.05) is 11.2 Å². The number of nitrogens with zero attached hydrogens (tertiary/aromatic N) is 2. The summed E-state index contributed by atoms with van der Waals surface area (Å²) in [4.78, 5) is 3.97. The summed E-state index contributed by atoms with van der Waals surface area (Å²) in [5.41, 5.74) is 9.73. The number of benzene rings is 1. The maximum atomic E-state index is 13.1. The Balaban J connectivity index is 2.05. The summed E-state index contributed by atoms with van der Waals surface area (Å²) in [7, 11) is 0.